The van der Waals surface area contributed by atoms with E-state index in [-0.39, 0.29) is 6.54 Å². The molecule has 0 saturated carbocycles. The van der Waals surface area contributed by atoms with Crippen molar-refractivity contribution in [2.75, 3.05) is 37.6 Å². The third-order valence-corrected chi connectivity index (χ3v) is 3.73. The zero-order chi connectivity index (χ0) is 14.8. The van der Waals surface area contributed by atoms with Crippen LogP contribution in [0.1, 0.15) is 0 Å². The maximum absolute atomic E-state index is 11.7. The zero-order valence-corrected chi connectivity index (χ0v) is 11.6. The number of anilines is 1. The monoisotopic (exact) mass is 290 g/mol. The lowest BCUT2D eigenvalue weighted by Crippen LogP contribution is -2.52. The summed E-state index contributed by atoms with van der Waals surface area (Å²) in [6, 6.07) is 3.71. The van der Waals surface area contributed by atoms with Crippen molar-refractivity contribution in [1.29, 1.82) is 0 Å². The van der Waals surface area contributed by atoms with Crippen LogP contribution in [0, 0.1) is 0 Å². The molecule has 0 amide bonds. The van der Waals surface area contributed by atoms with E-state index in [0.717, 1.165) is 5.39 Å². The van der Waals surface area contributed by atoms with Gasteiger partial charge in [-0.05, 0) is 12.1 Å². The Kier molecular flexibility index (Phi) is 3.82. The van der Waals surface area contributed by atoms with E-state index in [2.05, 4.69) is 15.0 Å². The van der Waals surface area contributed by atoms with Crippen LogP contribution in [0.2, 0.25) is 0 Å². The van der Waals surface area contributed by atoms with Gasteiger partial charge in [-0.3, -0.25) is 9.88 Å². The van der Waals surface area contributed by atoms with Crippen LogP contribution in [-0.4, -0.2) is 63.9 Å². The number of aliphatic hydroxyl groups excluding tert-OH is 1. The Morgan fingerprint density at radius 3 is 2.86 bits per heavy atom. The maximum Gasteiger partial charge on any atom is 0.348 e. The summed E-state index contributed by atoms with van der Waals surface area (Å²) in [6.07, 6.45) is 1.02. The molecule has 1 saturated heterocycles. The number of rotatable bonds is 3. The van der Waals surface area contributed by atoms with E-state index in [1.54, 1.807) is 6.20 Å². The van der Waals surface area contributed by atoms with E-state index >= 15 is 0 Å². The van der Waals surface area contributed by atoms with Crippen LogP contribution in [-0.2, 0) is 0 Å². The van der Waals surface area contributed by atoms with E-state index in [9.17, 15) is 9.90 Å². The Hall–Kier alpha value is -2.03. The number of piperazine rings is 1. The highest BCUT2D eigenvalue weighted by atomic mass is 16.3. The highest BCUT2D eigenvalue weighted by Crippen LogP contribution is 2.21. The molecule has 21 heavy (non-hydrogen) atoms. The molecule has 2 aromatic rings. The number of hydrogen-bond donors (Lipinski definition) is 3. The van der Waals surface area contributed by atoms with Crippen LogP contribution >= 0.6 is 0 Å². The molecule has 8 heteroatoms. The Bertz CT molecular complexity index is 680. The third-order valence-electron chi connectivity index (χ3n) is 3.73. The Morgan fingerprint density at radius 1 is 1.38 bits per heavy atom. The average molecular weight is 290 g/mol. The molecule has 1 unspecified atom stereocenters. The van der Waals surface area contributed by atoms with Gasteiger partial charge >= 0.3 is 5.69 Å². The number of hydrogen-bond acceptors (Lipinski definition) is 7. The van der Waals surface area contributed by atoms with E-state index in [0.29, 0.717) is 37.6 Å². The normalized spacial score (nSPS) is 18.1. The molecule has 0 aromatic carbocycles. The van der Waals surface area contributed by atoms with Crippen molar-refractivity contribution < 1.29 is 5.11 Å². The molecule has 2 aromatic heterocycles. The summed E-state index contributed by atoms with van der Waals surface area (Å²) in [7, 11) is 0. The first-order chi connectivity index (χ1) is 10.2. The van der Waals surface area contributed by atoms with Gasteiger partial charge in [0.25, 0.3) is 0 Å². The molecule has 1 aliphatic heterocycles. The van der Waals surface area contributed by atoms with Gasteiger partial charge in [0.2, 0.25) is 0 Å². The fourth-order valence-corrected chi connectivity index (χ4v) is 2.59. The number of nitrogens with two attached hydrogens (primary N) is 1. The smallest absolute Gasteiger partial charge is 0.348 e. The SMILES string of the molecule is NCC(O)N1CCN(c2nc(=O)[nH]c3ncccc23)CC1. The van der Waals surface area contributed by atoms with Crippen molar-refractivity contribution in [1.82, 2.24) is 19.9 Å². The number of nitrogens with one attached hydrogen (secondary N) is 1. The van der Waals surface area contributed by atoms with Crippen molar-refractivity contribution in [2.24, 2.45) is 5.73 Å². The van der Waals surface area contributed by atoms with Crippen LogP contribution in [0.4, 0.5) is 5.82 Å². The Balaban J connectivity index is 1.87. The van der Waals surface area contributed by atoms with Gasteiger partial charge in [0, 0.05) is 38.9 Å². The van der Waals surface area contributed by atoms with Crippen LogP contribution in [0.5, 0.6) is 0 Å². The second kappa shape index (κ2) is 5.76. The van der Waals surface area contributed by atoms with E-state index < -0.39 is 11.9 Å². The number of aromatic nitrogens is 3. The minimum atomic E-state index is -0.613. The second-order valence-electron chi connectivity index (χ2n) is 5.00. The van der Waals surface area contributed by atoms with Crippen molar-refractivity contribution >= 4 is 16.9 Å². The number of aromatic amines is 1. The summed E-state index contributed by atoms with van der Waals surface area (Å²) in [5.41, 5.74) is 5.61. The number of H-pyrrole nitrogens is 1. The molecule has 1 fully saturated rings. The van der Waals surface area contributed by atoms with Crippen molar-refractivity contribution in [3.05, 3.63) is 28.8 Å². The molecule has 1 atom stereocenters. The molecule has 3 rings (SSSR count). The van der Waals surface area contributed by atoms with Gasteiger partial charge in [-0.15, -0.1) is 0 Å². The topological polar surface area (TPSA) is 111 Å². The largest absolute Gasteiger partial charge is 0.377 e. The van der Waals surface area contributed by atoms with Crippen molar-refractivity contribution in [3.63, 3.8) is 0 Å². The Morgan fingerprint density at radius 2 is 2.14 bits per heavy atom. The van der Waals surface area contributed by atoms with Crippen LogP contribution in [0.3, 0.4) is 0 Å². The zero-order valence-electron chi connectivity index (χ0n) is 11.6. The van der Waals surface area contributed by atoms with Gasteiger partial charge in [0.05, 0.1) is 5.39 Å². The van der Waals surface area contributed by atoms with Crippen LogP contribution in [0.25, 0.3) is 11.0 Å². The lowest BCUT2D eigenvalue weighted by atomic mass is 10.2. The molecule has 112 valence electrons. The average Bonchev–Trinajstić information content (AvgIpc) is 2.53. The van der Waals surface area contributed by atoms with Crippen molar-refractivity contribution in [2.45, 2.75) is 6.23 Å². The molecule has 8 nitrogen and oxygen atoms in total. The van der Waals surface area contributed by atoms with Gasteiger partial charge in [-0.2, -0.15) is 4.98 Å². The molecule has 3 heterocycles. The number of fused-ring (bicyclic) bond motifs is 1. The summed E-state index contributed by atoms with van der Waals surface area (Å²) in [4.78, 5) is 26.5. The summed E-state index contributed by atoms with van der Waals surface area (Å²) < 4.78 is 0. The summed E-state index contributed by atoms with van der Waals surface area (Å²) in [5, 5.41) is 10.6. The minimum Gasteiger partial charge on any atom is -0.377 e. The number of nitrogens with zero attached hydrogens (tertiary/aromatic N) is 4. The van der Waals surface area contributed by atoms with Crippen LogP contribution < -0.4 is 16.3 Å². The molecule has 0 aliphatic carbocycles. The number of pyridine rings is 1. The molecule has 0 bridgehead atoms. The fourth-order valence-electron chi connectivity index (χ4n) is 2.59. The molecular weight excluding hydrogens is 272 g/mol. The second-order valence-corrected chi connectivity index (χ2v) is 5.00. The molecular formula is C13H18N6O2. The minimum absolute atomic E-state index is 0.218. The highest BCUT2D eigenvalue weighted by molar-refractivity contribution is 5.86. The lowest BCUT2D eigenvalue weighted by Gasteiger charge is -2.37. The highest BCUT2D eigenvalue weighted by Gasteiger charge is 2.23. The van der Waals surface area contributed by atoms with Crippen LogP contribution in [0.15, 0.2) is 23.1 Å². The summed E-state index contributed by atoms with van der Waals surface area (Å²) >= 11 is 0. The quantitative estimate of drug-likeness (QED) is 0.645. The maximum atomic E-state index is 11.7. The molecule has 1 aliphatic rings. The Labute approximate surface area is 121 Å². The van der Waals surface area contributed by atoms with Gasteiger partial charge in [0.15, 0.2) is 0 Å². The van der Waals surface area contributed by atoms with E-state index in [1.807, 2.05) is 21.9 Å². The third kappa shape index (κ3) is 2.73. The van der Waals surface area contributed by atoms with E-state index in [1.165, 1.54) is 0 Å². The predicted molar refractivity (Wildman–Crippen MR) is 79.0 cm³/mol. The predicted octanol–water partition coefficient (Wildman–Crippen LogP) is -1.28. The van der Waals surface area contributed by atoms with Gasteiger partial charge in [-0.1, -0.05) is 0 Å². The molecule has 0 spiro atoms. The van der Waals surface area contributed by atoms with Crippen molar-refractivity contribution in [3.8, 4) is 0 Å². The number of aliphatic hydroxyl groups is 1. The van der Waals surface area contributed by atoms with E-state index in [4.69, 9.17) is 5.73 Å². The summed E-state index contributed by atoms with van der Waals surface area (Å²) in [6.45, 7) is 2.92. The van der Waals surface area contributed by atoms with Gasteiger partial charge < -0.3 is 15.7 Å². The standard InChI is InChI=1S/C13H18N6O2/c14-8-10(20)18-4-6-19(7-5-18)12-9-2-1-3-15-11(9)16-13(21)17-12/h1-3,10,20H,4-8,14H2,(H,15,16,17,21). The van der Waals surface area contributed by atoms with Gasteiger partial charge in [-0.25, -0.2) is 9.78 Å². The first kappa shape index (κ1) is 13.9. The van der Waals surface area contributed by atoms with Gasteiger partial charge in [0.1, 0.15) is 17.7 Å². The fraction of sp³-hybridized carbons (Fsp3) is 0.462. The molecule has 4 N–H and O–H groups in total. The molecule has 0 radical (unpaired) electrons. The first-order valence-electron chi connectivity index (χ1n) is 6.91. The first-order valence-corrected chi connectivity index (χ1v) is 6.91. The lowest BCUT2D eigenvalue weighted by molar-refractivity contribution is 0.00763. The summed E-state index contributed by atoms with van der Waals surface area (Å²) in [5.74, 6) is 0.642.